The van der Waals surface area contributed by atoms with Crippen molar-refractivity contribution < 1.29 is 49.1 Å². The maximum absolute atomic E-state index is 12.0. The number of allylic oxidation sites excluding steroid dienone is 2. The third-order valence-electron chi connectivity index (χ3n) is 5.73. The second kappa shape index (κ2) is 10.3. The zero-order valence-corrected chi connectivity index (χ0v) is 19.5. The van der Waals surface area contributed by atoms with Crippen molar-refractivity contribution in [2.45, 2.75) is 12.2 Å². The Kier molecular flexibility index (Phi) is 6.98. The number of carboxylic acid groups (broad SMARTS) is 4. The van der Waals surface area contributed by atoms with E-state index in [0.717, 1.165) is 29.3 Å². The molecule has 10 heteroatoms. The van der Waals surface area contributed by atoms with Crippen LogP contribution < -0.4 is 9.47 Å². The fraction of sp³-hybridized carbons (Fsp3) is 0.0714. The van der Waals surface area contributed by atoms with Crippen LogP contribution in [0.25, 0.3) is 5.57 Å². The van der Waals surface area contributed by atoms with Gasteiger partial charge in [-0.1, -0.05) is 48.6 Å². The largest absolute Gasteiger partial charge is 0.478 e. The smallest absolute Gasteiger partial charge is 0.340 e. The van der Waals surface area contributed by atoms with Gasteiger partial charge in [-0.05, 0) is 41.5 Å². The Hall–Kier alpha value is -5.38. The van der Waals surface area contributed by atoms with Crippen LogP contribution in [0.4, 0.5) is 0 Å². The minimum atomic E-state index is -1.74. The van der Waals surface area contributed by atoms with Crippen LogP contribution in [-0.4, -0.2) is 50.1 Å². The molecule has 0 radical (unpaired) electrons. The highest BCUT2D eigenvalue weighted by atomic mass is 16.7. The number of carboxylic acids is 4. The molecule has 0 heterocycles. The summed E-state index contributed by atoms with van der Waals surface area (Å²) in [6, 6.07) is 16.4. The first-order valence-corrected chi connectivity index (χ1v) is 11.1. The van der Waals surface area contributed by atoms with Crippen molar-refractivity contribution in [1.29, 1.82) is 0 Å². The highest BCUT2D eigenvalue weighted by Gasteiger charge is 2.36. The molecule has 3 aromatic rings. The highest BCUT2D eigenvalue weighted by Crippen LogP contribution is 2.36. The van der Waals surface area contributed by atoms with Gasteiger partial charge in [-0.25, -0.2) is 19.2 Å². The van der Waals surface area contributed by atoms with Gasteiger partial charge in [-0.15, -0.1) is 0 Å². The fourth-order valence-corrected chi connectivity index (χ4v) is 3.97. The van der Waals surface area contributed by atoms with Crippen LogP contribution >= 0.6 is 0 Å². The van der Waals surface area contributed by atoms with E-state index in [1.54, 1.807) is 12.2 Å². The summed E-state index contributed by atoms with van der Waals surface area (Å²) in [5.41, 5.74) is -0.378. The summed E-state index contributed by atoms with van der Waals surface area (Å²) in [5.74, 6) is -8.03. The SMILES string of the molecule is O=C(O)c1ccc(OC2(Oc3cccc(C(=O)O)c3C(=O)O)C=CC(c3ccccc3)=CC2)cc1C(=O)O. The summed E-state index contributed by atoms with van der Waals surface area (Å²) in [5, 5.41) is 38.0. The van der Waals surface area contributed by atoms with E-state index < -0.39 is 51.9 Å². The molecule has 0 fully saturated rings. The lowest BCUT2D eigenvalue weighted by atomic mass is 9.96. The summed E-state index contributed by atoms with van der Waals surface area (Å²) in [4.78, 5) is 46.7. The topological polar surface area (TPSA) is 168 Å². The molecule has 1 aliphatic carbocycles. The maximum atomic E-state index is 12.0. The molecule has 3 aromatic carbocycles. The lowest BCUT2D eigenvalue weighted by Gasteiger charge is -2.34. The van der Waals surface area contributed by atoms with Crippen molar-refractivity contribution in [3.8, 4) is 11.5 Å². The van der Waals surface area contributed by atoms with Crippen LogP contribution in [0.3, 0.4) is 0 Å². The molecule has 4 N–H and O–H groups in total. The van der Waals surface area contributed by atoms with Gasteiger partial charge in [0.25, 0.3) is 5.79 Å². The molecule has 192 valence electrons. The van der Waals surface area contributed by atoms with E-state index in [-0.39, 0.29) is 17.9 Å². The van der Waals surface area contributed by atoms with Gasteiger partial charge in [0, 0.05) is 12.5 Å². The van der Waals surface area contributed by atoms with Crippen molar-refractivity contribution >= 4 is 29.5 Å². The molecule has 1 unspecified atom stereocenters. The molecule has 4 rings (SSSR count). The van der Waals surface area contributed by atoms with Gasteiger partial charge in [0.1, 0.15) is 17.1 Å². The van der Waals surface area contributed by atoms with Gasteiger partial charge in [-0.3, -0.25) is 0 Å². The number of aromatic carboxylic acids is 4. The summed E-state index contributed by atoms with van der Waals surface area (Å²) in [6.45, 7) is 0. The Morgan fingerprint density at radius 1 is 0.684 bits per heavy atom. The van der Waals surface area contributed by atoms with Crippen LogP contribution in [0, 0.1) is 0 Å². The van der Waals surface area contributed by atoms with Gasteiger partial charge in [0.2, 0.25) is 0 Å². The zero-order valence-electron chi connectivity index (χ0n) is 19.5. The van der Waals surface area contributed by atoms with Gasteiger partial charge in [0.05, 0.1) is 16.7 Å². The van der Waals surface area contributed by atoms with Crippen molar-refractivity contribution in [3.63, 3.8) is 0 Å². The van der Waals surface area contributed by atoms with Gasteiger partial charge >= 0.3 is 23.9 Å². The number of ether oxygens (including phenoxy) is 2. The minimum Gasteiger partial charge on any atom is -0.478 e. The Balaban J connectivity index is 1.79. The van der Waals surface area contributed by atoms with E-state index in [9.17, 15) is 39.6 Å². The number of carbonyl (C=O) groups is 4. The molecule has 0 bridgehead atoms. The van der Waals surface area contributed by atoms with Crippen LogP contribution in [-0.2, 0) is 0 Å². The van der Waals surface area contributed by atoms with Gasteiger partial charge in [0.15, 0.2) is 0 Å². The van der Waals surface area contributed by atoms with Gasteiger partial charge < -0.3 is 29.9 Å². The third-order valence-corrected chi connectivity index (χ3v) is 5.73. The normalized spacial score (nSPS) is 16.3. The molecule has 0 spiro atoms. The maximum Gasteiger partial charge on any atom is 0.340 e. The number of hydrogen-bond acceptors (Lipinski definition) is 6. The predicted molar refractivity (Wildman–Crippen MR) is 133 cm³/mol. The van der Waals surface area contributed by atoms with E-state index in [0.29, 0.717) is 0 Å². The van der Waals surface area contributed by atoms with Crippen molar-refractivity contribution in [2.24, 2.45) is 0 Å². The first-order valence-electron chi connectivity index (χ1n) is 11.1. The Labute approximate surface area is 215 Å². The quantitative estimate of drug-likeness (QED) is 0.293. The lowest BCUT2D eigenvalue weighted by Crippen LogP contribution is -2.41. The monoisotopic (exact) mass is 516 g/mol. The molecule has 0 saturated carbocycles. The summed E-state index contributed by atoms with van der Waals surface area (Å²) >= 11 is 0. The molecule has 0 amide bonds. The first kappa shape index (κ1) is 25.7. The lowest BCUT2D eigenvalue weighted by molar-refractivity contribution is -0.0691. The second-order valence-corrected chi connectivity index (χ2v) is 8.19. The molecule has 0 aliphatic heterocycles. The van der Waals surface area contributed by atoms with E-state index in [4.69, 9.17) is 9.47 Å². The molecule has 1 aliphatic rings. The van der Waals surface area contributed by atoms with Crippen molar-refractivity contribution in [1.82, 2.24) is 0 Å². The van der Waals surface area contributed by atoms with E-state index in [1.807, 2.05) is 30.3 Å². The Morgan fingerprint density at radius 2 is 1.37 bits per heavy atom. The second-order valence-electron chi connectivity index (χ2n) is 8.19. The van der Waals surface area contributed by atoms with Crippen molar-refractivity contribution in [2.75, 3.05) is 0 Å². The summed E-state index contributed by atoms with van der Waals surface area (Å²) in [7, 11) is 0. The molecular weight excluding hydrogens is 496 g/mol. The zero-order chi connectivity index (χ0) is 27.4. The van der Waals surface area contributed by atoms with E-state index in [1.165, 1.54) is 24.3 Å². The fourth-order valence-electron chi connectivity index (χ4n) is 3.97. The Bertz CT molecular complexity index is 1500. The Morgan fingerprint density at radius 3 is 1.95 bits per heavy atom. The summed E-state index contributed by atoms with van der Waals surface area (Å²) in [6.07, 6.45) is 4.94. The highest BCUT2D eigenvalue weighted by molar-refractivity contribution is 6.04. The number of hydrogen-bond donors (Lipinski definition) is 4. The van der Waals surface area contributed by atoms with E-state index in [2.05, 4.69) is 0 Å². The molecule has 38 heavy (non-hydrogen) atoms. The van der Waals surface area contributed by atoms with Gasteiger partial charge in [-0.2, -0.15) is 0 Å². The molecule has 1 atom stereocenters. The number of rotatable bonds is 9. The standard InChI is InChI=1S/C28H20O10/c29-24(30)19-10-9-18(15-21(19)26(33)34)37-28(13-11-17(12-14-28)16-5-2-1-3-6-16)38-22-8-4-7-20(25(31)32)23(22)27(35)36/h1-13,15H,14H2,(H,29,30)(H,31,32)(H,33,34)(H,35,36). The average molecular weight is 516 g/mol. The van der Waals surface area contributed by atoms with Crippen LogP contribution in [0.1, 0.15) is 53.4 Å². The molecular formula is C28H20O10. The van der Waals surface area contributed by atoms with Crippen LogP contribution in [0.5, 0.6) is 11.5 Å². The number of benzene rings is 3. The van der Waals surface area contributed by atoms with E-state index >= 15 is 0 Å². The molecule has 0 aromatic heterocycles. The van der Waals surface area contributed by atoms with Crippen LogP contribution in [0.2, 0.25) is 0 Å². The first-order chi connectivity index (χ1) is 18.1. The average Bonchev–Trinajstić information content (AvgIpc) is 2.89. The molecule has 10 nitrogen and oxygen atoms in total. The third kappa shape index (κ3) is 5.24. The molecule has 0 saturated heterocycles. The predicted octanol–water partition coefficient (Wildman–Crippen LogP) is 4.68. The summed E-state index contributed by atoms with van der Waals surface area (Å²) < 4.78 is 12.1. The van der Waals surface area contributed by atoms with Crippen molar-refractivity contribution in [3.05, 3.63) is 113 Å². The minimum absolute atomic E-state index is 0.00712. The van der Waals surface area contributed by atoms with Crippen LogP contribution in [0.15, 0.2) is 85.0 Å².